The summed E-state index contributed by atoms with van der Waals surface area (Å²) in [5.41, 5.74) is 0. The summed E-state index contributed by atoms with van der Waals surface area (Å²) in [5.74, 6) is 0.656. The molecule has 1 fully saturated rings. The summed E-state index contributed by atoms with van der Waals surface area (Å²) < 4.78 is 0. The van der Waals surface area contributed by atoms with E-state index in [1.54, 1.807) is 0 Å². The van der Waals surface area contributed by atoms with Gasteiger partial charge in [0.2, 0.25) is 0 Å². The van der Waals surface area contributed by atoms with Gasteiger partial charge in [-0.1, -0.05) is 6.58 Å². The topological polar surface area (TPSA) is 15.6 Å². The number of aliphatic imine (C=N–C) groups is 1. The van der Waals surface area contributed by atoms with Crippen molar-refractivity contribution in [2.45, 2.75) is 6.42 Å². The molecule has 56 valence electrons. The van der Waals surface area contributed by atoms with Gasteiger partial charge in [-0.2, -0.15) is 0 Å². The lowest BCUT2D eigenvalue weighted by atomic mass is 10.1. The van der Waals surface area contributed by atoms with Gasteiger partial charge in [-0.25, -0.2) is 0 Å². The van der Waals surface area contributed by atoms with Crippen LogP contribution in [0, 0.1) is 5.92 Å². The van der Waals surface area contributed by atoms with Crippen molar-refractivity contribution in [2.75, 3.05) is 20.1 Å². The fraction of sp³-hybridized carbons (Fsp3) is 0.625. The van der Waals surface area contributed by atoms with Crippen molar-refractivity contribution < 1.29 is 0 Å². The normalized spacial score (nSPS) is 26.1. The lowest BCUT2D eigenvalue weighted by molar-refractivity contribution is 0.462. The third-order valence-electron chi connectivity index (χ3n) is 1.87. The van der Waals surface area contributed by atoms with Crippen LogP contribution in [-0.2, 0) is 0 Å². The first-order chi connectivity index (χ1) is 4.86. The third kappa shape index (κ3) is 1.59. The molecule has 2 nitrogen and oxygen atoms in total. The number of nitrogens with zero attached hydrogens (tertiary/aromatic N) is 2. The van der Waals surface area contributed by atoms with Crippen LogP contribution in [0.3, 0.4) is 0 Å². The molecule has 0 spiro atoms. The third-order valence-corrected chi connectivity index (χ3v) is 1.87. The Hall–Kier alpha value is -0.790. The summed E-state index contributed by atoms with van der Waals surface area (Å²) in [6.07, 6.45) is 5.16. The van der Waals surface area contributed by atoms with Gasteiger partial charge >= 0.3 is 0 Å². The predicted molar refractivity (Wildman–Crippen MR) is 44.3 cm³/mol. The van der Waals surface area contributed by atoms with Crippen LogP contribution < -0.4 is 0 Å². The highest BCUT2D eigenvalue weighted by Crippen LogP contribution is 2.13. The fourth-order valence-electron chi connectivity index (χ4n) is 1.31. The minimum atomic E-state index is 0.656. The first-order valence-corrected chi connectivity index (χ1v) is 3.65. The molecular formula is C8H14N2. The van der Waals surface area contributed by atoms with Crippen molar-refractivity contribution in [1.29, 1.82) is 0 Å². The molecule has 0 aromatic carbocycles. The van der Waals surface area contributed by atoms with Gasteiger partial charge in [-0.3, -0.25) is 0 Å². The summed E-state index contributed by atoms with van der Waals surface area (Å²) in [4.78, 5) is 6.23. The Morgan fingerprint density at radius 1 is 1.70 bits per heavy atom. The number of hydrogen-bond donors (Lipinski definition) is 0. The highest BCUT2D eigenvalue weighted by molar-refractivity contribution is 5.61. The fourth-order valence-corrected chi connectivity index (χ4v) is 1.31. The van der Waals surface area contributed by atoms with Crippen molar-refractivity contribution >= 4 is 6.21 Å². The van der Waals surface area contributed by atoms with E-state index >= 15 is 0 Å². The number of rotatable bonds is 2. The van der Waals surface area contributed by atoms with Crippen LogP contribution in [0.2, 0.25) is 0 Å². The van der Waals surface area contributed by atoms with Gasteiger partial charge in [0, 0.05) is 32.3 Å². The Labute approximate surface area is 62.3 Å². The average Bonchev–Trinajstić information content (AvgIpc) is 2.37. The van der Waals surface area contributed by atoms with Crippen molar-refractivity contribution in [3.63, 3.8) is 0 Å². The van der Waals surface area contributed by atoms with Gasteiger partial charge in [-0.05, 0) is 12.6 Å². The molecule has 0 N–H and O–H groups in total. The van der Waals surface area contributed by atoms with Crippen LogP contribution in [0.1, 0.15) is 6.42 Å². The van der Waals surface area contributed by atoms with Crippen LogP contribution in [-0.4, -0.2) is 31.3 Å². The minimum absolute atomic E-state index is 0.656. The van der Waals surface area contributed by atoms with E-state index in [1.807, 2.05) is 19.5 Å². The van der Waals surface area contributed by atoms with Crippen LogP contribution in [0.25, 0.3) is 0 Å². The maximum Gasteiger partial charge on any atom is 0.0273 e. The van der Waals surface area contributed by atoms with Gasteiger partial charge in [0.25, 0.3) is 0 Å². The molecule has 0 aliphatic carbocycles. The Bertz CT molecular complexity index is 140. The van der Waals surface area contributed by atoms with E-state index in [-0.39, 0.29) is 0 Å². The molecule has 10 heavy (non-hydrogen) atoms. The zero-order chi connectivity index (χ0) is 7.40. The lowest BCUT2D eigenvalue weighted by Gasteiger charge is -2.09. The van der Waals surface area contributed by atoms with Gasteiger partial charge in [0.15, 0.2) is 0 Å². The SMILES string of the molecule is C=CN1CCC(/C=N\C)C1. The van der Waals surface area contributed by atoms with E-state index in [4.69, 9.17) is 0 Å². The standard InChI is InChI=1S/C8H14N2/c1-3-10-5-4-8(7-10)6-9-2/h3,6,8H,1,4-5,7H2,2H3/b9-6-. The predicted octanol–water partition coefficient (Wildman–Crippen LogP) is 1.15. The van der Waals surface area contributed by atoms with E-state index in [0.29, 0.717) is 5.92 Å². The Balaban J connectivity index is 2.35. The molecule has 1 saturated heterocycles. The van der Waals surface area contributed by atoms with Crippen molar-refractivity contribution in [3.8, 4) is 0 Å². The minimum Gasteiger partial charge on any atom is -0.377 e. The molecule has 0 bridgehead atoms. The van der Waals surface area contributed by atoms with Crippen LogP contribution in [0.4, 0.5) is 0 Å². The summed E-state index contributed by atoms with van der Waals surface area (Å²) in [6.45, 7) is 5.96. The molecule has 1 rings (SSSR count). The van der Waals surface area contributed by atoms with E-state index in [9.17, 15) is 0 Å². The molecule has 1 aliphatic heterocycles. The van der Waals surface area contributed by atoms with Crippen molar-refractivity contribution in [3.05, 3.63) is 12.8 Å². The maximum atomic E-state index is 4.00. The number of likely N-dealkylation sites (tertiary alicyclic amines) is 1. The first kappa shape index (κ1) is 7.32. The van der Waals surface area contributed by atoms with Crippen molar-refractivity contribution in [2.24, 2.45) is 10.9 Å². The molecule has 1 heterocycles. The van der Waals surface area contributed by atoms with Crippen LogP contribution >= 0.6 is 0 Å². The molecule has 1 atom stereocenters. The Morgan fingerprint density at radius 2 is 2.50 bits per heavy atom. The number of hydrogen-bond acceptors (Lipinski definition) is 2. The van der Waals surface area contributed by atoms with Crippen LogP contribution in [0.15, 0.2) is 17.8 Å². The Kier molecular flexibility index (Phi) is 2.49. The highest BCUT2D eigenvalue weighted by atomic mass is 15.1. The molecule has 2 heteroatoms. The molecule has 0 radical (unpaired) electrons. The molecule has 0 aromatic rings. The van der Waals surface area contributed by atoms with E-state index in [0.717, 1.165) is 13.1 Å². The zero-order valence-electron chi connectivity index (χ0n) is 6.45. The molecular weight excluding hydrogens is 124 g/mol. The monoisotopic (exact) mass is 138 g/mol. The second-order valence-corrected chi connectivity index (χ2v) is 2.63. The Morgan fingerprint density at radius 3 is 3.00 bits per heavy atom. The van der Waals surface area contributed by atoms with E-state index in [2.05, 4.69) is 16.5 Å². The van der Waals surface area contributed by atoms with E-state index < -0.39 is 0 Å². The molecule has 1 aliphatic rings. The molecule has 0 aromatic heterocycles. The summed E-state index contributed by atoms with van der Waals surface area (Å²) in [7, 11) is 1.83. The summed E-state index contributed by atoms with van der Waals surface area (Å²) in [6, 6.07) is 0. The van der Waals surface area contributed by atoms with Crippen LogP contribution in [0.5, 0.6) is 0 Å². The summed E-state index contributed by atoms with van der Waals surface area (Å²) in [5, 5.41) is 0. The zero-order valence-corrected chi connectivity index (χ0v) is 6.45. The van der Waals surface area contributed by atoms with Gasteiger partial charge < -0.3 is 9.89 Å². The highest BCUT2D eigenvalue weighted by Gasteiger charge is 2.16. The molecule has 0 saturated carbocycles. The summed E-state index contributed by atoms with van der Waals surface area (Å²) >= 11 is 0. The average molecular weight is 138 g/mol. The quantitative estimate of drug-likeness (QED) is 0.523. The second kappa shape index (κ2) is 3.40. The van der Waals surface area contributed by atoms with Gasteiger partial charge in [0.1, 0.15) is 0 Å². The van der Waals surface area contributed by atoms with Gasteiger partial charge in [-0.15, -0.1) is 0 Å². The maximum absolute atomic E-state index is 4.00. The lowest BCUT2D eigenvalue weighted by Crippen LogP contribution is -2.12. The van der Waals surface area contributed by atoms with Crippen molar-refractivity contribution in [1.82, 2.24) is 4.90 Å². The van der Waals surface area contributed by atoms with Gasteiger partial charge in [0.05, 0.1) is 0 Å². The smallest absolute Gasteiger partial charge is 0.0273 e. The second-order valence-electron chi connectivity index (χ2n) is 2.63. The molecule has 1 unspecified atom stereocenters. The first-order valence-electron chi connectivity index (χ1n) is 3.65. The van der Waals surface area contributed by atoms with E-state index in [1.165, 1.54) is 6.42 Å². The largest absolute Gasteiger partial charge is 0.377 e. The molecule has 0 amide bonds.